The molecule has 1 aromatic rings. The molecule has 0 aromatic heterocycles. The van der Waals surface area contributed by atoms with Crippen molar-refractivity contribution < 1.29 is 9.53 Å². The second-order valence-electron chi connectivity index (χ2n) is 4.53. The number of halogens is 1. The van der Waals surface area contributed by atoms with Crippen molar-refractivity contribution in [3.63, 3.8) is 0 Å². The number of rotatable bonds is 3. The smallest absolute Gasteiger partial charge is 0.239 e. The van der Waals surface area contributed by atoms with Crippen LogP contribution in [0.2, 0.25) is 0 Å². The summed E-state index contributed by atoms with van der Waals surface area (Å²) in [5, 5.41) is 2.68. The predicted octanol–water partition coefficient (Wildman–Crippen LogP) is 0.978. The minimum absolute atomic E-state index is 0.00809. The molecule has 1 fully saturated rings. The molecule has 0 spiro atoms. The van der Waals surface area contributed by atoms with E-state index in [1.165, 1.54) is 0 Å². The lowest BCUT2D eigenvalue weighted by atomic mass is 10.1. The Morgan fingerprint density at radius 3 is 3.11 bits per heavy atom. The van der Waals surface area contributed by atoms with E-state index >= 15 is 0 Å². The molecule has 1 heterocycles. The highest BCUT2D eigenvalue weighted by Crippen LogP contribution is 2.23. The lowest BCUT2D eigenvalue weighted by Gasteiger charge is -2.34. The minimum Gasteiger partial charge on any atom is -0.399 e. The van der Waals surface area contributed by atoms with E-state index in [0.29, 0.717) is 19.8 Å². The fourth-order valence-corrected chi connectivity index (χ4v) is 2.67. The van der Waals surface area contributed by atoms with E-state index in [4.69, 9.17) is 10.5 Å². The van der Waals surface area contributed by atoms with Crippen molar-refractivity contribution in [2.75, 3.05) is 32.5 Å². The van der Waals surface area contributed by atoms with Gasteiger partial charge in [-0.3, -0.25) is 9.69 Å². The highest BCUT2D eigenvalue weighted by atomic mass is 79.9. The van der Waals surface area contributed by atoms with E-state index in [2.05, 4.69) is 26.1 Å². The number of anilines is 1. The third-order valence-electron chi connectivity index (χ3n) is 3.24. The van der Waals surface area contributed by atoms with Crippen molar-refractivity contribution >= 4 is 27.5 Å². The summed E-state index contributed by atoms with van der Waals surface area (Å²) in [7, 11) is 1.65. The van der Waals surface area contributed by atoms with Gasteiger partial charge in [-0.15, -0.1) is 0 Å². The molecule has 1 aliphatic heterocycles. The van der Waals surface area contributed by atoms with Gasteiger partial charge in [-0.2, -0.15) is 0 Å². The summed E-state index contributed by atoms with van der Waals surface area (Å²) in [6, 6.07) is 5.50. The van der Waals surface area contributed by atoms with Crippen LogP contribution in [0, 0.1) is 0 Å². The number of hydrogen-bond acceptors (Lipinski definition) is 4. The molecular weight excluding hydrogens is 310 g/mol. The first kappa shape index (κ1) is 14.3. The summed E-state index contributed by atoms with van der Waals surface area (Å²) in [5.74, 6) is -0.00809. The second kappa shape index (κ2) is 6.36. The van der Waals surface area contributed by atoms with Crippen LogP contribution in [0.1, 0.15) is 5.56 Å². The average molecular weight is 328 g/mol. The molecule has 1 atom stereocenters. The van der Waals surface area contributed by atoms with Crippen LogP contribution in [0.5, 0.6) is 0 Å². The van der Waals surface area contributed by atoms with E-state index in [1.807, 2.05) is 18.2 Å². The molecule has 0 saturated carbocycles. The lowest BCUT2D eigenvalue weighted by molar-refractivity contribution is -0.132. The molecule has 1 amide bonds. The van der Waals surface area contributed by atoms with Gasteiger partial charge in [-0.05, 0) is 17.7 Å². The number of carbonyl (C=O) groups excluding carboxylic acids is 1. The molecule has 3 N–H and O–H groups in total. The van der Waals surface area contributed by atoms with Gasteiger partial charge in [0.2, 0.25) is 5.91 Å². The van der Waals surface area contributed by atoms with Crippen LogP contribution in [0.4, 0.5) is 5.69 Å². The summed E-state index contributed by atoms with van der Waals surface area (Å²) in [5.41, 5.74) is 7.57. The number of nitrogens with two attached hydrogens (primary N) is 1. The first-order valence-electron chi connectivity index (χ1n) is 6.19. The van der Waals surface area contributed by atoms with Gasteiger partial charge in [0.25, 0.3) is 0 Å². The van der Waals surface area contributed by atoms with Crippen LogP contribution in [-0.4, -0.2) is 43.7 Å². The Morgan fingerprint density at radius 1 is 1.63 bits per heavy atom. The number of likely N-dealkylation sites (N-methyl/N-ethyl adjacent to an activating group) is 1. The number of nitrogens with one attached hydrogen (secondary N) is 1. The van der Waals surface area contributed by atoms with Gasteiger partial charge in [-0.25, -0.2) is 0 Å². The molecular formula is C13H18BrN3O2. The number of amides is 1. The summed E-state index contributed by atoms with van der Waals surface area (Å²) in [6.07, 6.45) is 0. The topological polar surface area (TPSA) is 67.6 Å². The van der Waals surface area contributed by atoms with E-state index in [-0.39, 0.29) is 11.9 Å². The summed E-state index contributed by atoms with van der Waals surface area (Å²) in [4.78, 5) is 14.0. The first-order valence-corrected chi connectivity index (χ1v) is 6.98. The number of carbonyl (C=O) groups is 1. The normalized spacial score (nSPS) is 20.2. The molecule has 0 radical (unpaired) electrons. The van der Waals surface area contributed by atoms with Gasteiger partial charge in [0.05, 0.1) is 13.2 Å². The van der Waals surface area contributed by atoms with Gasteiger partial charge >= 0.3 is 0 Å². The third-order valence-corrected chi connectivity index (χ3v) is 3.98. The molecule has 1 aromatic carbocycles. The quantitative estimate of drug-likeness (QED) is 0.812. The molecule has 19 heavy (non-hydrogen) atoms. The number of morpholine rings is 1. The van der Waals surface area contributed by atoms with E-state index < -0.39 is 0 Å². The summed E-state index contributed by atoms with van der Waals surface area (Å²) >= 11 is 3.51. The lowest BCUT2D eigenvalue weighted by Crippen LogP contribution is -2.52. The molecule has 1 aliphatic rings. The van der Waals surface area contributed by atoms with Crippen molar-refractivity contribution in [1.29, 1.82) is 0 Å². The molecule has 1 unspecified atom stereocenters. The fourth-order valence-electron chi connectivity index (χ4n) is 2.15. The van der Waals surface area contributed by atoms with Crippen LogP contribution < -0.4 is 11.1 Å². The van der Waals surface area contributed by atoms with Crippen LogP contribution in [0.25, 0.3) is 0 Å². The zero-order chi connectivity index (χ0) is 13.8. The number of ether oxygens (including phenoxy) is 1. The Morgan fingerprint density at radius 2 is 2.42 bits per heavy atom. The maximum atomic E-state index is 11.8. The number of nitrogens with zero attached hydrogens (tertiary/aromatic N) is 1. The van der Waals surface area contributed by atoms with Crippen LogP contribution >= 0.6 is 15.9 Å². The van der Waals surface area contributed by atoms with Crippen LogP contribution in [0.15, 0.2) is 22.7 Å². The summed E-state index contributed by atoms with van der Waals surface area (Å²) in [6.45, 7) is 2.53. The zero-order valence-corrected chi connectivity index (χ0v) is 12.4. The Bertz CT molecular complexity index is 467. The van der Waals surface area contributed by atoms with E-state index in [1.54, 1.807) is 7.05 Å². The standard InChI is InChI=1S/C13H18BrN3O2/c1-16-13(18)12-8-19-5-4-17(12)7-9-2-3-10(15)6-11(9)14/h2-3,6,12H,4-5,7-8,15H2,1H3,(H,16,18). The first-order chi connectivity index (χ1) is 9.11. The van der Waals surface area contributed by atoms with Gasteiger partial charge in [-0.1, -0.05) is 22.0 Å². The van der Waals surface area contributed by atoms with E-state index in [0.717, 1.165) is 22.3 Å². The van der Waals surface area contributed by atoms with Crippen molar-refractivity contribution in [3.8, 4) is 0 Å². The SMILES string of the molecule is CNC(=O)C1COCCN1Cc1ccc(N)cc1Br. The zero-order valence-electron chi connectivity index (χ0n) is 10.9. The predicted molar refractivity (Wildman–Crippen MR) is 77.6 cm³/mol. The van der Waals surface area contributed by atoms with Crippen LogP contribution in [0.3, 0.4) is 0 Å². The Hall–Kier alpha value is -1.11. The highest BCUT2D eigenvalue weighted by Gasteiger charge is 2.28. The van der Waals surface area contributed by atoms with Crippen molar-refractivity contribution in [1.82, 2.24) is 10.2 Å². The molecule has 5 nitrogen and oxygen atoms in total. The Labute approximate surface area is 121 Å². The molecule has 2 rings (SSSR count). The second-order valence-corrected chi connectivity index (χ2v) is 5.38. The minimum atomic E-state index is -0.233. The van der Waals surface area contributed by atoms with Crippen molar-refractivity contribution in [2.45, 2.75) is 12.6 Å². The molecule has 104 valence electrons. The van der Waals surface area contributed by atoms with Crippen molar-refractivity contribution in [2.24, 2.45) is 0 Å². The molecule has 0 aliphatic carbocycles. The van der Waals surface area contributed by atoms with Crippen LogP contribution in [-0.2, 0) is 16.1 Å². The Kier molecular flexibility index (Phi) is 4.79. The number of benzene rings is 1. The monoisotopic (exact) mass is 327 g/mol. The molecule has 6 heteroatoms. The number of hydrogen-bond donors (Lipinski definition) is 2. The largest absolute Gasteiger partial charge is 0.399 e. The third kappa shape index (κ3) is 3.46. The fraction of sp³-hybridized carbons (Fsp3) is 0.462. The van der Waals surface area contributed by atoms with Crippen molar-refractivity contribution in [3.05, 3.63) is 28.2 Å². The average Bonchev–Trinajstić information content (AvgIpc) is 2.41. The number of nitrogen functional groups attached to an aromatic ring is 1. The maximum absolute atomic E-state index is 11.8. The van der Waals surface area contributed by atoms with Gasteiger partial charge in [0, 0.05) is 30.3 Å². The Balaban J connectivity index is 2.13. The summed E-state index contributed by atoms with van der Waals surface area (Å²) < 4.78 is 6.36. The van der Waals surface area contributed by atoms with Gasteiger partial charge in [0.1, 0.15) is 6.04 Å². The van der Waals surface area contributed by atoms with Gasteiger partial charge < -0.3 is 15.8 Å². The highest BCUT2D eigenvalue weighted by molar-refractivity contribution is 9.10. The van der Waals surface area contributed by atoms with Gasteiger partial charge in [0.15, 0.2) is 0 Å². The maximum Gasteiger partial charge on any atom is 0.239 e. The molecule has 0 bridgehead atoms. The molecule has 1 saturated heterocycles. The van der Waals surface area contributed by atoms with E-state index in [9.17, 15) is 4.79 Å².